The highest BCUT2D eigenvalue weighted by Gasteiger charge is 2.21. The molecule has 5 heteroatoms. The van der Waals surface area contributed by atoms with Crippen LogP contribution in [0.25, 0.3) is 0 Å². The average molecular weight is 354 g/mol. The largest absolute Gasteiger partial charge is 0.493 e. The molecule has 26 heavy (non-hydrogen) atoms. The van der Waals surface area contributed by atoms with Crippen LogP contribution in [-0.2, 0) is 13.0 Å². The minimum Gasteiger partial charge on any atom is -0.493 e. The van der Waals surface area contributed by atoms with Gasteiger partial charge in [0.25, 0.3) is 0 Å². The normalized spacial score (nSPS) is 19.6. The number of piperidine rings is 1. The van der Waals surface area contributed by atoms with Gasteiger partial charge in [-0.1, -0.05) is 12.1 Å². The predicted molar refractivity (Wildman–Crippen MR) is 111 cm³/mol. The zero-order valence-corrected chi connectivity index (χ0v) is 15.0. The topological polar surface area (TPSA) is 74.4 Å². The van der Waals surface area contributed by atoms with Crippen LogP contribution in [0.5, 0.6) is 5.75 Å². The molecule has 2 aromatic carbocycles. The van der Waals surface area contributed by atoms with Gasteiger partial charge in [0.1, 0.15) is 5.75 Å². The minimum atomic E-state index is 0. The van der Waals surface area contributed by atoms with Gasteiger partial charge in [-0.2, -0.15) is 0 Å². The van der Waals surface area contributed by atoms with Crippen molar-refractivity contribution in [2.45, 2.75) is 31.8 Å². The molecule has 0 radical (unpaired) electrons. The predicted octanol–water partition coefficient (Wildman–Crippen LogP) is 3.77. The summed E-state index contributed by atoms with van der Waals surface area (Å²) in [5.74, 6) is 1.05. The van der Waals surface area contributed by atoms with Crippen molar-refractivity contribution in [1.29, 1.82) is 5.41 Å². The van der Waals surface area contributed by atoms with Gasteiger partial charge in [0.15, 0.2) is 0 Å². The average Bonchev–Trinajstić information content (AvgIpc) is 3.11. The summed E-state index contributed by atoms with van der Waals surface area (Å²) >= 11 is 0. The first kappa shape index (κ1) is 16.9. The number of rotatable bonds is 5. The van der Waals surface area contributed by atoms with Crippen molar-refractivity contribution in [3.63, 3.8) is 0 Å². The number of hydrogen-bond donors (Lipinski definition) is 3. The Labute approximate surface area is 157 Å². The number of nitrogens with one attached hydrogen (secondary N) is 2. The maximum absolute atomic E-state index is 7.46. The first-order valence-electron chi connectivity index (χ1n) is 9.35. The van der Waals surface area contributed by atoms with Gasteiger partial charge in [0.05, 0.1) is 6.61 Å². The van der Waals surface area contributed by atoms with Crippen molar-refractivity contribution >= 4 is 17.6 Å². The van der Waals surface area contributed by atoms with Crippen LogP contribution in [0, 0.1) is 5.41 Å². The molecule has 1 atom stereocenters. The van der Waals surface area contributed by atoms with E-state index in [9.17, 15) is 0 Å². The SMILES string of the molecule is N=Cc1cc(N[C@@H]2CCCN(Cc3ccc4c(c3)CCO4)C2)ccc1N.[HH].[HH]. The molecular formula is C21H30N4O. The lowest BCUT2D eigenvalue weighted by Crippen LogP contribution is -2.41. The summed E-state index contributed by atoms with van der Waals surface area (Å²) in [5.41, 5.74) is 11.1. The molecule has 5 nitrogen and oxygen atoms in total. The van der Waals surface area contributed by atoms with Gasteiger partial charge < -0.3 is 21.2 Å². The molecule has 2 aliphatic heterocycles. The van der Waals surface area contributed by atoms with E-state index < -0.39 is 0 Å². The van der Waals surface area contributed by atoms with Crippen molar-refractivity contribution < 1.29 is 7.59 Å². The summed E-state index contributed by atoms with van der Waals surface area (Å²) in [7, 11) is 0. The van der Waals surface area contributed by atoms with Gasteiger partial charge in [0, 0.05) is 51.6 Å². The highest BCUT2D eigenvalue weighted by atomic mass is 16.5. The van der Waals surface area contributed by atoms with Crippen LogP contribution < -0.4 is 15.8 Å². The molecule has 0 bridgehead atoms. The zero-order valence-electron chi connectivity index (χ0n) is 15.0. The van der Waals surface area contributed by atoms with Gasteiger partial charge >= 0.3 is 0 Å². The highest BCUT2D eigenvalue weighted by Crippen LogP contribution is 2.27. The van der Waals surface area contributed by atoms with Crippen LogP contribution in [0.4, 0.5) is 11.4 Å². The fourth-order valence-electron chi connectivity index (χ4n) is 3.94. The summed E-state index contributed by atoms with van der Waals surface area (Å²) in [4.78, 5) is 2.52. The third-order valence-electron chi connectivity index (χ3n) is 5.28. The number of fused-ring (bicyclic) bond motifs is 1. The van der Waals surface area contributed by atoms with Crippen LogP contribution in [0.15, 0.2) is 36.4 Å². The van der Waals surface area contributed by atoms with E-state index >= 15 is 0 Å². The number of nitrogen functional groups attached to an aromatic ring is 1. The van der Waals surface area contributed by atoms with Crippen LogP contribution >= 0.6 is 0 Å². The molecular weight excluding hydrogens is 324 g/mol. The van der Waals surface area contributed by atoms with E-state index in [1.54, 1.807) is 0 Å². The Hall–Kier alpha value is -2.53. The second-order valence-electron chi connectivity index (χ2n) is 7.25. The van der Waals surface area contributed by atoms with Crippen LogP contribution in [0.3, 0.4) is 0 Å². The molecule has 2 heterocycles. The summed E-state index contributed by atoms with van der Waals surface area (Å²) in [5, 5.41) is 11.1. The smallest absolute Gasteiger partial charge is 0.122 e. The lowest BCUT2D eigenvalue weighted by Gasteiger charge is -2.34. The van der Waals surface area contributed by atoms with Crippen LogP contribution in [-0.4, -0.2) is 36.9 Å². The maximum atomic E-state index is 7.46. The Morgan fingerprint density at radius 1 is 1.31 bits per heavy atom. The molecule has 0 aliphatic carbocycles. The Bertz CT molecular complexity index is 815. The van der Waals surface area contributed by atoms with E-state index in [1.807, 2.05) is 18.2 Å². The number of benzene rings is 2. The molecule has 0 unspecified atom stereocenters. The molecule has 140 valence electrons. The third-order valence-corrected chi connectivity index (χ3v) is 5.28. The number of ether oxygens (including phenoxy) is 1. The van der Waals surface area contributed by atoms with Crippen molar-refractivity contribution in [3.8, 4) is 5.75 Å². The second kappa shape index (κ2) is 7.38. The van der Waals surface area contributed by atoms with Crippen molar-refractivity contribution in [3.05, 3.63) is 53.1 Å². The molecule has 4 rings (SSSR count). The van der Waals surface area contributed by atoms with Crippen molar-refractivity contribution in [2.75, 3.05) is 30.7 Å². The summed E-state index contributed by atoms with van der Waals surface area (Å²) in [6, 6.07) is 12.9. The molecule has 0 amide bonds. The van der Waals surface area contributed by atoms with E-state index in [-0.39, 0.29) is 2.85 Å². The Morgan fingerprint density at radius 2 is 2.23 bits per heavy atom. The zero-order chi connectivity index (χ0) is 17.9. The molecule has 0 saturated carbocycles. The second-order valence-corrected chi connectivity index (χ2v) is 7.25. The van der Waals surface area contributed by atoms with E-state index in [0.29, 0.717) is 11.7 Å². The van der Waals surface area contributed by atoms with E-state index in [2.05, 4.69) is 28.4 Å². The van der Waals surface area contributed by atoms with Crippen molar-refractivity contribution in [1.82, 2.24) is 4.90 Å². The fraction of sp³-hybridized carbons (Fsp3) is 0.381. The molecule has 2 aliphatic rings. The van der Waals surface area contributed by atoms with Gasteiger partial charge in [-0.05, 0) is 54.8 Å². The number of anilines is 2. The number of likely N-dealkylation sites (tertiary alicyclic amines) is 1. The quantitative estimate of drug-likeness (QED) is 0.564. The number of hydrogen-bond acceptors (Lipinski definition) is 5. The van der Waals surface area contributed by atoms with Crippen molar-refractivity contribution in [2.24, 2.45) is 0 Å². The van der Waals surface area contributed by atoms with Gasteiger partial charge in [0.2, 0.25) is 0 Å². The molecule has 0 spiro atoms. The maximum Gasteiger partial charge on any atom is 0.122 e. The first-order chi connectivity index (χ1) is 12.7. The van der Waals surface area contributed by atoms with E-state index in [0.717, 1.165) is 49.7 Å². The Morgan fingerprint density at radius 3 is 3.12 bits per heavy atom. The first-order valence-corrected chi connectivity index (χ1v) is 9.35. The fourth-order valence-corrected chi connectivity index (χ4v) is 3.94. The standard InChI is InChI=1S/C21H26N4O.2H2/c22-12-17-11-18(4-5-20(17)23)24-19-2-1-8-25(14-19)13-15-3-6-21-16(10-15)7-9-26-21;;/h3-6,10-12,19,22,24H,1-2,7-9,13-14,23H2;2*1H/t19-;;/m1../s1. The molecule has 0 aromatic heterocycles. The molecule has 1 fully saturated rings. The number of nitrogens with two attached hydrogens (primary N) is 1. The molecule has 1 saturated heterocycles. The summed E-state index contributed by atoms with van der Waals surface area (Å²) in [6.45, 7) is 3.96. The van der Waals surface area contributed by atoms with E-state index in [1.165, 1.54) is 30.2 Å². The summed E-state index contributed by atoms with van der Waals surface area (Å²) in [6.07, 6.45) is 4.70. The Kier molecular flexibility index (Phi) is 4.80. The number of nitrogens with zero attached hydrogens (tertiary/aromatic N) is 1. The minimum absolute atomic E-state index is 0. The summed E-state index contributed by atoms with van der Waals surface area (Å²) < 4.78 is 5.61. The van der Waals surface area contributed by atoms with Gasteiger partial charge in [-0.15, -0.1) is 0 Å². The molecule has 2 aromatic rings. The van der Waals surface area contributed by atoms with Crippen LogP contribution in [0.2, 0.25) is 0 Å². The Balaban J connectivity index is 0.00000140. The van der Waals surface area contributed by atoms with Crippen LogP contribution in [0.1, 0.15) is 32.4 Å². The van der Waals surface area contributed by atoms with E-state index in [4.69, 9.17) is 15.9 Å². The molecule has 4 N–H and O–H groups in total. The monoisotopic (exact) mass is 354 g/mol. The van der Waals surface area contributed by atoms with Gasteiger partial charge in [-0.3, -0.25) is 4.90 Å². The lowest BCUT2D eigenvalue weighted by molar-refractivity contribution is 0.208. The lowest BCUT2D eigenvalue weighted by atomic mass is 10.0. The van der Waals surface area contributed by atoms with Gasteiger partial charge in [-0.25, -0.2) is 0 Å². The third kappa shape index (κ3) is 3.68. The highest BCUT2D eigenvalue weighted by molar-refractivity contribution is 5.86.